The van der Waals surface area contributed by atoms with Crippen LogP contribution >= 0.6 is 24.0 Å². The Kier molecular flexibility index (Phi) is 3.30. The quantitative estimate of drug-likeness (QED) is 0.652. The van der Waals surface area contributed by atoms with E-state index in [2.05, 4.69) is 5.32 Å². The Morgan fingerprint density at radius 1 is 1.31 bits per heavy atom. The summed E-state index contributed by atoms with van der Waals surface area (Å²) in [6.45, 7) is 0. The fraction of sp³-hybridized carbons (Fsp3) is 0.875. The summed E-state index contributed by atoms with van der Waals surface area (Å²) in [5.74, 6) is 1.18. The molecule has 0 aromatic rings. The van der Waals surface area contributed by atoms with Crippen molar-refractivity contribution >= 4 is 30.0 Å². The van der Waals surface area contributed by atoms with E-state index in [1.807, 2.05) is 0 Å². The first-order valence-electron chi connectivity index (χ1n) is 4.37. The standard InChI is InChI=1S/C8H13ClN2O.ClH/c9-6-2-5-1-4(6)3-7(5)11-8(10)12;/h4-7H,1-3H2,(H3,10,11,12);1H. The van der Waals surface area contributed by atoms with Gasteiger partial charge in [-0.2, -0.15) is 0 Å². The Morgan fingerprint density at radius 2 is 2.00 bits per heavy atom. The van der Waals surface area contributed by atoms with E-state index in [4.69, 9.17) is 17.3 Å². The van der Waals surface area contributed by atoms with Crippen molar-refractivity contribution in [3.63, 3.8) is 0 Å². The second-order valence-electron chi connectivity index (χ2n) is 3.86. The first-order valence-corrected chi connectivity index (χ1v) is 4.80. The summed E-state index contributed by atoms with van der Waals surface area (Å²) in [6.07, 6.45) is 3.22. The summed E-state index contributed by atoms with van der Waals surface area (Å²) in [4.78, 5) is 10.6. The number of carbonyl (C=O) groups is 1. The highest BCUT2D eigenvalue weighted by Gasteiger charge is 2.45. The van der Waals surface area contributed by atoms with Crippen molar-refractivity contribution in [3.8, 4) is 0 Å². The molecule has 2 aliphatic carbocycles. The molecule has 2 aliphatic rings. The first-order chi connectivity index (χ1) is 5.66. The second-order valence-corrected chi connectivity index (χ2v) is 4.42. The number of nitrogens with two attached hydrogens (primary N) is 1. The van der Waals surface area contributed by atoms with Crippen LogP contribution in [0, 0.1) is 11.8 Å². The lowest BCUT2D eigenvalue weighted by molar-refractivity contribution is 0.239. The maximum absolute atomic E-state index is 10.6. The first kappa shape index (κ1) is 10.9. The Balaban J connectivity index is 0.000000845. The molecule has 0 spiro atoms. The molecule has 5 heteroatoms. The van der Waals surface area contributed by atoms with Crippen molar-refractivity contribution in [1.82, 2.24) is 5.32 Å². The number of fused-ring (bicyclic) bond motifs is 2. The number of halogens is 2. The molecule has 2 amide bonds. The van der Waals surface area contributed by atoms with Gasteiger partial charge in [-0.15, -0.1) is 24.0 Å². The molecular weight excluding hydrogens is 211 g/mol. The fourth-order valence-corrected chi connectivity index (χ4v) is 3.00. The molecule has 4 unspecified atom stereocenters. The lowest BCUT2D eigenvalue weighted by Gasteiger charge is -2.24. The topological polar surface area (TPSA) is 55.1 Å². The smallest absolute Gasteiger partial charge is 0.312 e. The zero-order valence-electron chi connectivity index (χ0n) is 7.20. The number of hydrogen-bond donors (Lipinski definition) is 2. The van der Waals surface area contributed by atoms with Crippen molar-refractivity contribution in [2.24, 2.45) is 17.6 Å². The van der Waals surface area contributed by atoms with Gasteiger partial charge >= 0.3 is 6.03 Å². The summed E-state index contributed by atoms with van der Waals surface area (Å²) in [5.41, 5.74) is 5.06. The Morgan fingerprint density at radius 3 is 2.38 bits per heavy atom. The molecule has 2 fully saturated rings. The van der Waals surface area contributed by atoms with Gasteiger partial charge in [-0.3, -0.25) is 0 Å². The SMILES string of the molecule is Cl.NC(=O)NC1CC2CC1CC2Cl. The number of urea groups is 1. The summed E-state index contributed by atoms with van der Waals surface area (Å²) < 4.78 is 0. The zero-order valence-corrected chi connectivity index (χ0v) is 8.77. The largest absolute Gasteiger partial charge is 0.352 e. The van der Waals surface area contributed by atoms with E-state index in [9.17, 15) is 4.79 Å². The molecule has 2 bridgehead atoms. The van der Waals surface area contributed by atoms with E-state index in [1.54, 1.807) is 0 Å². The van der Waals surface area contributed by atoms with E-state index in [0.717, 1.165) is 12.8 Å². The normalized spacial score (nSPS) is 41.3. The van der Waals surface area contributed by atoms with Crippen LogP contribution in [-0.2, 0) is 0 Å². The summed E-state index contributed by atoms with van der Waals surface area (Å²) in [7, 11) is 0. The van der Waals surface area contributed by atoms with Crippen LogP contribution < -0.4 is 11.1 Å². The van der Waals surface area contributed by atoms with Crippen molar-refractivity contribution in [2.45, 2.75) is 30.7 Å². The van der Waals surface area contributed by atoms with Gasteiger partial charge < -0.3 is 11.1 Å². The van der Waals surface area contributed by atoms with Crippen molar-refractivity contribution < 1.29 is 4.79 Å². The van der Waals surface area contributed by atoms with Crippen LogP contribution in [0.2, 0.25) is 0 Å². The monoisotopic (exact) mass is 224 g/mol. The van der Waals surface area contributed by atoms with Gasteiger partial charge in [-0.1, -0.05) is 0 Å². The molecule has 13 heavy (non-hydrogen) atoms. The Labute approximate surface area is 88.8 Å². The molecule has 0 aromatic carbocycles. The van der Waals surface area contributed by atoms with Crippen LogP contribution in [-0.4, -0.2) is 17.5 Å². The van der Waals surface area contributed by atoms with Crippen molar-refractivity contribution in [3.05, 3.63) is 0 Å². The number of primary amides is 1. The van der Waals surface area contributed by atoms with E-state index in [1.165, 1.54) is 6.42 Å². The van der Waals surface area contributed by atoms with E-state index in [0.29, 0.717) is 23.3 Å². The highest BCUT2D eigenvalue weighted by atomic mass is 35.5. The molecule has 2 rings (SSSR count). The van der Waals surface area contributed by atoms with E-state index in [-0.39, 0.29) is 12.4 Å². The molecule has 0 aliphatic heterocycles. The maximum atomic E-state index is 10.6. The number of carbonyl (C=O) groups excluding carboxylic acids is 1. The summed E-state index contributed by atoms with van der Waals surface area (Å²) in [5, 5.41) is 3.11. The molecule has 3 nitrogen and oxygen atoms in total. The second kappa shape index (κ2) is 3.93. The average molecular weight is 225 g/mol. The van der Waals surface area contributed by atoms with Gasteiger partial charge in [0.15, 0.2) is 0 Å². The lowest BCUT2D eigenvalue weighted by Crippen LogP contribution is -2.42. The minimum atomic E-state index is -0.404. The molecule has 76 valence electrons. The highest BCUT2D eigenvalue weighted by Crippen LogP contribution is 2.47. The fourth-order valence-electron chi connectivity index (χ4n) is 2.56. The van der Waals surface area contributed by atoms with Crippen LogP contribution in [0.3, 0.4) is 0 Å². The van der Waals surface area contributed by atoms with E-state index >= 15 is 0 Å². The van der Waals surface area contributed by atoms with Gasteiger partial charge in [0.25, 0.3) is 0 Å². The minimum Gasteiger partial charge on any atom is -0.352 e. The average Bonchev–Trinajstić information content (AvgIpc) is 2.44. The van der Waals surface area contributed by atoms with Crippen molar-refractivity contribution in [2.75, 3.05) is 0 Å². The van der Waals surface area contributed by atoms with Crippen LogP contribution in [0.25, 0.3) is 0 Å². The predicted molar refractivity (Wildman–Crippen MR) is 54.2 cm³/mol. The van der Waals surface area contributed by atoms with Gasteiger partial charge in [0.2, 0.25) is 0 Å². The van der Waals surface area contributed by atoms with Gasteiger partial charge in [0.1, 0.15) is 0 Å². The van der Waals surface area contributed by atoms with Crippen LogP contribution in [0.5, 0.6) is 0 Å². The van der Waals surface area contributed by atoms with Gasteiger partial charge in [0.05, 0.1) is 0 Å². The number of nitrogens with one attached hydrogen (secondary N) is 1. The minimum absolute atomic E-state index is 0. The third kappa shape index (κ3) is 2.02. The molecule has 4 atom stereocenters. The molecule has 2 saturated carbocycles. The number of amides is 2. The van der Waals surface area contributed by atoms with Gasteiger partial charge in [-0.05, 0) is 31.1 Å². The third-order valence-electron chi connectivity index (χ3n) is 3.10. The molecule has 0 aromatic heterocycles. The molecule has 0 heterocycles. The van der Waals surface area contributed by atoms with E-state index < -0.39 is 6.03 Å². The Bertz CT molecular complexity index is 210. The number of rotatable bonds is 1. The summed E-state index contributed by atoms with van der Waals surface area (Å²) in [6, 6.07) is -0.110. The molecule has 0 saturated heterocycles. The van der Waals surface area contributed by atoms with Gasteiger partial charge in [-0.25, -0.2) is 4.79 Å². The Hall–Kier alpha value is -0.150. The van der Waals surface area contributed by atoms with Gasteiger partial charge in [0, 0.05) is 11.4 Å². The maximum Gasteiger partial charge on any atom is 0.312 e. The van der Waals surface area contributed by atoms with Crippen LogP contribution in [0.1, 0.15) is 19.3 Å². The number of hydrogen-bond acceptors (Lipinski definition) is 1. The highest BCUT2D eigenvalue weighted by molar-refractivity contribution is 6.21. The van der Waals surface area contributed by atoms with Crippen LogP contribution in [0.15, 0.2) is 0 Å². The third-order valence-corrected chi connectivity index (χ3v) is 3.63. The predicted octanol–water partition coefficient (Wildman–Crippen LogP) is 1.48. The summed E-state index contributed by atoms with van der Waals surface area (Å²) >= 11 is 6.07. The lowest BCUT2D eigenvalue weighted by atomic mass is 9.95. The number of alkyl halides is 1. The zero-order chi connectivity index (χ0) is 8.72. The van der Waals surface area contributed by atoms with Crippen molar-refractivity contribution in [1.29, 1.82) is 0 Å². The molecular formula is C8H14Cl2N2O. The van der Waals surface area contributed by atoms with Crippen LogP contribution in [0.4, 0.5) is 4.79 Å². The molecule has 3 N–H and O–H groups in total. The molecule has 0 radical (unpaired) electrons.